The van der Waals surface area contributed by atoms with E-state index in [4.69, 9.17) is 21.1 Å². The SMILES string of the molecule is CC(C)(C)OC(=O)N1C(c2ccc(-n3c(Cl)cc4c(=O)n(CC5(O)CCN(C(=O)C6(C)CC6)CC5)cnc43)cc2)COCC12CC2. The molecule has 0 bridgehead atoms. The zero-order valence-electron chi connectivity index (χ0n) is 26.9. The third kappa shape index (κ3) is 5.60. The van der Waals surface area contributed by atoms with Gasteiger partial charge in [-0.25, -0.2) is 9.78 Å². The average molecular weight is 652 g/mol. The molecule has 4 heterocycles. The molecule has 246 valence electrons. The average Bonchev–Trinajstić information content (AvgIpc) is 3.92. The van der Waals surface area contributed by atoms with E-state index < -0.39 is 11.2 Å². The maximum atomic E-state index is 13.6. The van der Waals surface area contributed by atoms with Gasteiger partial charge in [0.25, 0.3) is 5.56 Å². The Morgan fingerprint density at radius 1 is 1.09 bits per heavy atom. The van der Waals surface area contributed by atoms with Crippen LogP contribution in [0.1, 0.15) is 77.8 Å². The van der Waals surface area contributed by atoms with E-state index in [1.54, 1.807) is 10.6 Å². The second kappa shape index (κ2) is 10.8. The lowest BCUT2D eigenvalue weighted by molar-refractivity contribution is -0.141. The molecule has 1 aromatic carbocycles. The minimum absolute atomic E-state index is 0.0880. The van der Waals surface area contributed by atoms with Crippen molar-refractivity contribution >= 4 is 34.6 Å². The van der Waals surface area contributed by atoms with E-state index in [1.165, 1.54) is 10.9 Å². The Labute approximate surface area is 273 Å². The van der Waals surface area contributed by atoms with Crippen molar-refractivity contribution in [2.45, 2.75) is 95.5 Å². The van der Waals surface area contributed by atoms with E-state index in [0.717, 1.165) is 36.9 Å². The first-order valence-corrected chi connectivity index (χ1v) is 16.6. The van der Waals surface area contributed by atoms with Crippen LogP contribution in [0, 0.1) is 5.41 Å². The minimum Gasteiger partial charge on any atom is -0.444 e. The summed E-state index contributed by atoms with van der Waals surface area (Å²) >= 11 is 6.69. The van der Waals surface area contributed by atoms with Gasteiger partial charge in [-0.1, -0.05) is 30.7 Å². The number of halogens is 1. The molecule has 1 spiro atoms. The molecule has 2 aliphatic carbocycles. The number of nitrogens with zero attached hydrogens (tertiary/aromatic N) is 5. The lowest BCUT2D eigenvalue weighted by atomic mass is 9.90. The molecule has 7 rings (SSSR count). The maximum absolute atomic E-state index is 13.6. The third-order valence-corrected chi connectivity index (χ3v) is 10.4. The number of aromatic nitrogens is 3. The quantitative estimate of drug-likeness (QED) is 0.420. The molecule has 2 saturated heterocycles. The van der Waals surface area contributed by atoms with Crippen molar-refractivity contribution < 1.29 is 24.2 Å². The monoisotopic (exact) mass is 651 g/mol. The number of hydrogen-bond acceptors (Lipinski definition) is 7. The first kappa shape index (κ1) is 31.2. The molecular formula is C34H42ClN5O6. The second-order valence-electron chi connectivity index (χ2n) is 15.0. The van der Waals surface area contributed by atoms with Crippen LogP contribution >= 0.6 is 11.6 Å². The van der Waals surface area contributed by atoms with Crippen LogP contribution in [-0.4, -0.2) is 84.1 Å². The number of ether oxygens (including phenoxy) is 2. The van der Waals surface area contributed by atoms with Gasteiger partial charge >= 0.3 is 6.09 Å². The molecule has 0 radical (unpaired) electrons. The van der Waals surface area contributed by atoms with E-state index in [0.29, 0.717) is 55.3 Å². The highest BCUT2D eigenvalue weighted by molar-refractivity contribution is 6.31. The first-order valence-electron chi connectivity index (χ1n) is 16.2. The highest BCUT2D eigenvalue weighted by Gasteiger charge is 2.56. The Bertz CT molecular complexity index is 1740. The summed E-state index contributed by atoms with van der Waals surface area (Å²) in [5.41, 5.74) is -0.535. The Hall–Kier alpha value is -3.41. The zero-order valence-corrected chi connectivity index (χ0v) is 27.7. The van der Waals surface area contributed by atoms with Gasteiger partial charge in [-0.05, 0) is 83.1 Å². The van der Waals surface area contributed by atoms with Crippen molar-refractivity contribution in [3.8, 4) is 5.69 Å². The van der Waals surface area contributed by atoms with Crippen LogP contribution in [0.5, 0.6) is 0 Å². The summed E-state index contributed by atoms with van der Waals surface area (Å²) in [7, 11) is 0. The zero-order chi connectivity index (χ0) is 32.6. The number of piperidine rings is 1. The predicted octanol–water partition coefficient (Wildman–Crippen LogP) is 4.84. The fourth-order valence-corrected chi connectivity index (χ4v) is 7.20. The van der Waals surface area contributed by atoms with Crippen molar-refractivity contribution in [1.82, 2.24) is 23.9 Å². The van der Waals surface area contributed by atoms with Gasteiger partial charge in [0.15, 0.2) is 5.65 Å². The molecule has 2 amide bonds. The fourth-order valence-electron chi connectivity index (χ4n) is 6.92. The van der Waals surface area contributed by atoms with Crippen molar-refractivity contribution in [3.63, 3.8) is 0 Å². The summed E-state index contributed by atoms with van der Waals surface area (Å²) in [5.74, 6) is 0.165. The first-order chi connectivity index (χ1) is 21.7. The highest BCUT2D eigenvalue weighted by atomic mass is 35.5. The molecule has 1 atom stereocenters. The molecule has 2 aromatic heterocycles. The van der Waals surface area contributed by atoms with Gasteiger partial charge in [0.1, 0.15) is 17.1 Å². The molecule has 1 N–H and O–H groups in total. The van der Waals surface area contributed by atoms with Crippen LogP contribution < -0.4 is 5.56 Å². The third-order valence-electron chi connectivity index (χ3n) is 10.1. The molecule has 11 nitrogen and oxygen atoms in total. The number of likely N-dealkylation sites (tertiary alicyclic amines) is 1. The van der Waals surface area contributed by atoms with Crippen molar-refractivity contribution in [3.05, 3.63) is 57.7 Å². The van der Waals surface area contributed by atoms with Crippen LogP contribution in [0.25, 0.3) is 16.7 Å². The number of carbonyl (C=O) groups excluding carboxylic acids is 2. The van der Waals surface area contributed by atoms with E-state index >= 15 is 0 Å². The van der Waals surface area contributed by atoms with Gasteiger partial charge in [-0.15, -0.1) is 0 Å². The summed E-state index contributed by atoms with van der Waals surface area (Å²) in [4.78, 5) is 48.0. The number of amides is 2. The Morgan fingerprint density at radius 3 is 2.37 bits per heavy atom. The van der Waals surface area contributed by atoms with E-state index in [-0.39, 0.29) is 41.1 Å². The van der Waals surface area contributed by atoms with E-state index in [1.807, 2.05) is 61.8 Å². The molecule has 12 heteroatoms. The molecule has 4 fully saturated rings. The maximum Gasteiger partial charge on any atom is 0.411 e. The lowest BCUT2D eigenvalue weighted by Gasteiger charge is -2.43. The Balaban J connectivity index is 1.10. The Morgan fingerprint density at radius 2 is 1.76 bits per heavy atom. The number of rotatable bonds is 5. The number of aliphatic hydroxyl groups is 1. The second-order valence-corrected chi connectivity index (χ2v) is 15.4. The standard InChI is InChI=1S/C34H42ClN5O6/c1-31(2,3)46-30(43)40-25(18-45-20-33(40)11-12-33)22-5-7-23(8-6-22)39-26(35)17-24-27(39)36-21-38(28(24)41)19-34(44)13-15-37(16-14-34)29(42)32(4)9-10-32/h5-8,17,21,25,44H,9-16,18-20H2,1-4H3. The number of benzene rings is 1. The summed E-state index contributed by atoms with van der Waals surface area (Å²) in [6.07, 6.45) is 5.51. The van der Waals surface area contributed by atoms with Gasteiger partial charge in [0, 0.05) is 24.2 Å². The number of carbonyl (C=O) groups is 2. The Kier molecular flexibility index (Phi) is 7.34. The number of morpholine rings is 1. The van der Waals surface area contributed by atoms with Crippen LogP contribution in [0.2, 0.25) is 5.15 Å². The largest absolute Gasteiger partial charge is 0.444 e. The van der Waals surface area contributed by atoms with Gasteiger partial charge in [-0.2, -0.15) is 0 Å². The summed E-state index contributed by atoms with van der Waals surface area (Å²) in [6, 6.07) is 9.00. The normalized spacial score (nSPS) is 23.0. The van der Waals surface area contributed by atoms with Gasteiger partial charge in [0.2, 0.25) is 5.91 Å². The topological polar surface area (TPSA) is 119 Å². The molecule has 4 aliphatic rings. The van der Waals surface area contributed by atoms with Crippen molar-refractivity contribution in [2.75, 3.05) is 26.3 Å². The van der Waals surface area contributed by atoms with Crippen molar-refractivity contribution in [2.24, 2.45) is 5.41 Å². The summed E-state index contributed by atoms with van der Waals surface area (Å²) in [5, 5.41) is 12.0. The molecular weight excluding hydrogens is 610 g/mol. The number of hydrogen-bond donors (Lipinski definition) is 1. The van der Waals surface area contributed by atoms with Crippen LogP contribution in [-0.2, 0) is 20.8 Å². The fraction of sp³-hybridized carbons (Fsp3) is 0.588. The minimum atomic E-state index is -1.11. The molecule has 1 unspecified atom stereocenters. The predicted molar refractivity (Wildman–Crippen MR) is 172 cm³/mol. The number of fused-ring (bicyclic) bond motifs is 1. The van der Waals surface area contributed by atoms with Crippen LogP contribution in [0.15, 0.2) is 41.5 Å². The van der Waals surface area contributed by atoms with Crippen LogP contribution in [0.4, 0.5) is 4.79 Å². The molecule has 2 aliphatic heterocycles. The van der Waals surface area contributed by atoms with Crippen molar-refractivity contribution in [1.29, 1.82) is 0 Å². The van der Waals surface area contributed by atoms with E-state index in [9.17, 15) is 19.5 Å². The summed E-state index contributed by atoms with van der Waals surface area (Å²) in [6.45, 7) is 9.50. The highest BCUT2D eigenvalue weighted by Crippen LogP contribution is 2.50. The van der Waals surface area contributed by atoms with Gasteiger partial charge in [-0.3, -0.25) is 23.6 Å². The lowest BCUT2D eigenvalue weighted by Crippen LogP contribution is -2.53. The molecule has 46 heavy (non-hydrogen) atoms. The summed E-state index contributed by atoms with van der Waals surface area (Å²) < 4.78 is 14.9. The van der Waals surface area contributed by atoms with E-state index in [2.05, 4.69) is 4.98 Å². The smallest absolute Gasteiger partial charge is 0.411 e. The van der Waals surface area contributed by atoms with Gasteiger partial charge in [0.05, 0.1) is 42.3 Å². The van der Waals surface area contributed by atoms with Crippen LogP contribution in [0.3, 0.4) is 0 Å². The molecule has 2 saturated carbocycles. The van der Waals surface area contributed by atoms with Gasteiger partial charge < -0.3 is 19.5 Å². The molecule has 3 aromatic rings.